The smallest absolute Gasteiger partial charge is 0.328 e. The summed E-state index contributed by atoms with van der Waals surface area (Å²) in [5.74, 6) is -7.28. The van der Waals surface area contributed by atoms with Gasteiger partial charge in [-0.2, -0.15) is 4.39 Å². The molecule has 0 bridgehead atoms. The highest BCUT2D eigenvalue weighted by atomic mass is 19.2. The number of halogens is 3. The lowest BCUT2D eigenvalue weighted by Gasteiger charge is -2.26. The average Bonchev–Trinajstić information content (AvgIpc) is 2.87. The highest BCUT2D eigenvalue weighted by Gasteiger charge is 2.46. The van der Waals surface area contributed by atoms with Crippen molar-refractivity contribution >= 4 is 11.9 Å². The number of hydrogen-bond acceptors (Lipinski definition) is 4. The first kappa shape index (κ1) is 32.0. The van der Waals surface area contributed by atoms with Gasteiger partial charge in [0, 0.05) is 0 Å². The lowest BCUT2D eigenvalue weighted by Crippen LogP contribution is -2.42. The van der Waals surface area contributed by atoms with Crippen LogP contribution in [0, 0.1) is 22.9 Å². The molecule has 0 aliphatic carbocycles. The summed E-state index contributed by atoms with van der Waals surface area (Å²) >= 11 is 0. The Bertz CT molecular complexity index is 778. The van der Waals surface area contributed by atoms with Crippen molar-refractivity contribution in [2.24, 2.45) is 5.41 Å². The van der Waals surface area contributed by atoms with Crippen molar-refractivity contribution in [1.29, 1.82) is 0 Å². The largest absolute Gasteiger partial charge is 0.465 e. The summed E-state index contributed by atoms with van der Waals surface area (Å²) in [6.07, 6.45) is 17.2. The van der Waals surface area contributed by atoms with E-state index in [0.29, 0.717) is 12.5 Å². The Balaban J connectivity index is 2.28. The molecule has 1 rings (SSSR count). The highest BCUT2D eigenvalue weighted by Crippen LogP contribution is 2.32. The predicted octanol–water partition coefficient (Wildman–Crippen LogP) is 8.84. The predicted molar refractivity (Wildman–Crippen MR) is 136 cm³/mol. The van der Waals surface area contributed by atoms with Crippen molar-refractivity contribution in [2.45, 2.75) is 124 Å². The summed E-state index contributed by atoms with van der Waals surface area (Å²) in [6.45, 7) is 5.67. The quantitative estimate of drug-likeness (QED) is 0.0573. The molecule has 0 fully saturated rings. The van der Waals surface area contributed by atoms with Crippen molar-refractivity contribution in [2.75, 3.05) is 6.61 Å². The summed E-state index contributed by atoms with van der Waals surface area (Å²) in [6, 6.07) is 1.48. The zero-order chi connectivity index (χ0) is 26.8. The Morgan fingerprint density at radius 2 is 1.14 bits per heavy atom. The van der Waals surface area contributed by atoms with Gasteiger partial charge in [0.05, 0.1) is 6.61 Å². The molecular formula is C29H45F3O4. The fraction of sp³-hybridized carbons (Fsp3) is 0.724. The second-order valence-corrected chi connectivity index (χ2v) is 9.58. The highest BCUT2D eigenvalue weighted by molar-refractivity contribution is 6.00. The molecule has 0 spiro atoms. The minimum atomic E-state index is -1.74. The number of benzene rings is 1. The Kier molecular flexibility index (Phi) is 16.2. The van der Waals surface area contributed by atoms with E-state index >= 15 is 0 Å². The van der Waals surface area contributed by atoms with Gasteiger partial charge in [-0.05, 0) is 31.4 Å². The van der Waals surface area contributed by atoms with E-state index in [0.717, 1.165) is 25.3 Å². The minimum absolute atomic E-state index is 0.0746. The van der Waals surface area contributed by atoms with E-state index in [1.165, 1.54) is 64.2 Å². The molecule has 0 saturated heterocycles. The molecule has 0 unspecified atom stereocenters. The van der Waals surface area contributed by atoms with E-state index in [4.69, 9.17) is 9.47 Å². The lowest BCUT2D eigenvalue weighted by molar-refractivity contribution is -0.168. The van der Waals surface area contributed by atoms with Crippen LogP contribution in [-0.4, -0.2) is 18.5 Å². The van der Waals surface area contributed by atoms with Crippen LogP contribution < -0.4 is 4.74 Å². The number of ether oxygens (including phenoxy) is 2. The maximum atomic E-state index is 13.9. The van der Waals surface area contributed by atoms with E-state index in [-0.39, 0.29) is 19.4 Å². The third-order valence-electron chi connectivity index (χ3n) is 6.92. The van der Waals surface area contributed by atoms with Crippen LogP contribution >= 0.6 is 0 Å². The van der Waals surface area contributed by atoms with E-state index in [1.54, 1.807) is 13.8 Å². The first-order valence-electron chi connectivity index (χ1n) is 13.9. The molecule has 0 radical (unpaired) electrons. The van der Waals surface area contributed by atoms with E-state index in [2.05, 4.69) is 6.92 Å². The molecule has 0 aliphatic heterocycles. The van der Waals surface area contributed by atoms with E-state index in [9.17, 15) is 22.8 Å². The molecule has 0 amide bonds. The summed E-state index contributed by atoms with van der Waals surface area (Å²) in [7, 11) is 0. The Labute approximate surface area is 215 Å². The van der Waals surface area contributed by atoms with Gasteiger partial charge in [0.2, 0.25) is 5.82 Å². The molecular weight excluding hydrogens is 469 g/mol. The first-order chi connectivity index (χ1) is 17.3. The average molecular weight is 515 g/mol. The molecule has 0 aliphatic rings. The molecule has 0 aromatic heterocycles. The standard InChI is InChI=1S/C29H45F3O4/c1-4-7-8-9-10-11-12-13-14-15-16-17-18-19-22-35-27(33)29(5-2,6-3)28(34)36-24-21-20-23(30)25(31)26(24)32/h20-21H,4-19,22H2,1-3H3. The number of esters is 2. The van der Waals surface area contributed by atoms with Gasteiger partial charge in [-0.25, -0.2) is 8.78 Å². The third-order valence-corrected chi connectivity index (χ3v) is 6.92. The summed E-state index contributed by atoms with van der Waals surface area (Å²) in [5, 5.41) is 0. The van der Waals surface area contributed by atoms with E-state index < -0.39 is 40.6 Å². The van der Waals surface area contributed by atoms with Gasteiger partial charge in [-0.1, -0.05) is 104 Å². The molecule has 0 saturated carbocycles. The van der Waals surface area contributed by atoms with Crippen molar-refractivity contribution in [1.82, 2.24) is 0 Å². The molecule has 0 heterocycles. The number of carbonyl (C=O) groups excluding carboxylic acids is 2. The van der Waals surface area contributed by atoms with Crippen molar-refractivity contribution < 1.29 is 32.2 Å². The van der Waals surface area contributed by atoms with Gasteiger partial charge in [0.15, 0.2) is 22.8 Å². The van der Waals surface area contributed by atoms with Crippen molar-refractivity contribution in [3.8, 4) is 5.75 Å². The van der Waals surface area contributed by atoms with Crippen LogP contribution in [0.2, 0.25) is 0 Å². The van der Waals surface area contributed by atoms with Crippen molar-refractivity contribution in [3.63, 3.8) is 0 Å². The van der Waals surface area contributed by atoms with Crippen LogP contribution in [0.15, 0.2) is 12.1 Å². The maximum Gasteiger partial charge on any atom is 0.328 e. The molecule has 36 heavy (non-hydrogen) atoms. The Morgan fingerprint density at radius 3 is 1.61 bits per heavy atom. The van der Waals surface area contributed by atoms with Crippen LogP contribution in [-0.2, 0) is 14.3 Å². The monoisotopic (exact) mass is 514 g/mol. The van der Waals surface area contributed by atoms with Crippen LogP contribution in [0.3, 0.4) is 0 Å². The van der Waals surface area contributed by atoms with Crippen LogP contribution in [0.1, 0.15) is 124 Å². The van der Waals surface area contributed by atoms with Crippen LogP contribution in [0.4, 0.5) is 13.2 Å². The van der Waals surface area contributed by atoms with Gasteiger partial charge < -0.3 is 9.47 Å². The molecule has 1 aromatic rings. The van der Waals surface area contributed by atoms with E-state index in [1.807, 2.05) is 0 Å². The SMILES string of the molecule is CCCCCCCCCCCCCCCCOC(=O)C(CC)(CC)C(=O)Oc1ccc(F)c(F)c1F. The van der Waals surface area contributed by atoms with Gasteiger partial charge in [0.1, 0.15) is 0 Å². The molecule has 1 aromatic carbocycles. The normalized spacial score (nSPS) is 11.5. The minimum Gasteiger partial charge on any atom is -0.465 e. The van der Waals surface area contributed by atoms with Crippen LogP contribution in [0.25, 0.3) is 0 Å². The first-order valence-corrected chi connectivity index (χ1v) is 13.9. The number of rotatable bonds is 20. The summed E-state index contributed by atoms with van der Waals surface area (Å²) < 4.78 is 50.8. The molecule has 0 N–H and O–H groups in total. The third kappa shape index (κ3) is 10.5. The fourth-order valence-electron chi connectivity index (χ4n) is 4.29. The van der Waals surface area contributed by atoms with Gasteiger partial charge in [-0.15, -0.1) is 0 Å². The van der Waals surface area contributed by atoms with Gasteiger partial charge in [0.25, 0.3) is 0 Å². The van der Waals surface area contributed by atoms with Crippen LogP contribution in [0.5, 0.6) is 5.75 Å². The number of carbonyl (C=O) groups is 2. The molecule has 4 nitrogen and oxygen atoms in total. The second kappa shape index (κ2) is 18.2. The molecule has 206 valence electrons. The Morgan fingerprint density at radius 1 is 0.667 bits per heavy atom. The second-order valence-electron chi connectivity index (χ2n) is 9.58. The molecule has 0 atom stereocenters. The number of unbranched alkanes of at least 4 members (excludes halogenated alkanes) is 13. The van der Waals surface area contributed by atoms with Crippen molar-refractivity contribution in [3.05, 3.63) is 29.6 Å². The maximum absolute atomic E-state index is 13.9. The van der Waals surface area contributed by atoms with Gasteiger partial charge >= 0.3 is 11.9 Å². The summed E-state index contributed by atoms with van der Waals surface area (Å²) in [5.41, 5.74) is -1.63. The fourth-order valence-corrected chi connectivity index (χ4v) is 4.29. The van der Waals surface area contributed by atoms with Gasteiger partial charge in [-0.3, -0.25) is 9.59 Å². The summed E-state index contributed by atoms with van der Waals surface area (Å²) in [4.78, 5) is 25.5. The zero-order valence-electron chi connectivity index (χ0n) is 22.4. The topological polar surface area (TPSA) is 52.6 Å². The zero-order valence-corrected chi connectivity index (χ0v) is 22.4. The Hall–Kier alpha value is -2.05. The molecule has 7 heteroatoms. The number of hydrogen-bond donors (Lipinski definition) is 0. The lowest BCUT2D eigenvalue weighted by atomic mass is 9.82.